The van der Waals surface area contributed by atoms with Gasteiger partial charge in [0.2, 0.25) is 5.91 Å². The van der Waals surface area contributed by atoms with Crippen LogP contribution >= 0.6 is 0 Å². The number of ether oxygens (including phenoxy) is 1. The third kappa shape index (κ3) is 3.15. The van der Waals surface area contributed by atoms with Gasteiger partial charge in [0.15, 0.2) is 6.04 Å². The van der Waals surface area contributed by atoms with Crippen LogP contribution in [0.15, 0.2) is 0 Å². The minimum Gasteiger partial charge on any atom is -0.467 e. The van der Waals surface area contributed by atoms with Gasteiger partial charge in [-0.05, 0) is 21.1 Å². The third-order valence-electron chi connectivity index (χ3n) is 1.62. The van der Waals surface area contributed by atoms with Crippen molar-refractivity contribution in [1.29, 1.82) is 0 Å². The van der Waals surface area contributed by atoms with E-state index in [1.54, 1.807) is 26.0 Å². The zero-order valence-corrected chi connectivity index (χ0v) is 10.7. The molecule has 76 valence electrons. The van der Waals surface area contributed by atoms with Crippen LogP contribution < -0.4 is 0 Å². The van der Waals surface area contributed by atoms with Crippen LogP contribution in [0, 0.1) is 0 Å². The number of nitrogens with zero attached hydrogens (tertiary/aromatic N) is 2. The maximum Gasteiger partial charge on any atom is 0.332 e. The molecule has 0 saturated carbocycles. The largest absolute Gasteiger partial charge is 0.467 e. The van der Waals surface area contributed by atoms with E-state index < -0.39 is 12.0 Å². The molecule has 0 spiro atoms. The van der Waals surface area contributed by atoms with E-state index in [4.69, 9.17) is 0 Å². The molecule has 0 aromatic rings. The first-order valence-electron chi connectivity index (χ1n) is 3.87. The van der Waals surface area contributed by atoms with Gasteiger partial charge in [-0.25, -0.2) is 4.79 Å². The highest BCUT2D eigenvalue weighted by Gasteiger charge is 2.30. The topological polar surface area (TPSA) is 49.9 Å². The summed E-state index contributed by atoms with van der Waals surface area (Å²) in [6.45, 7) is 0. The number of likely N-dealkylation sites (N-methyl/N-ethyl adjacent to an activating group) is 2. The molecule has 0 heterocycles. The Labute approximate surface area is 81.1 Å². The standard InChI is InChI=1S/C7H16N2O3Si/c1-8(2)5(7(11)12-4)6(10)9(3)13/h5H,1-4,13H3. The summed E-state index contributed by atoms with van der Waals surface area (Å²) >= 11 is 0. The monoisotopic (exact) mass is 204 g/mol. The summed E-state index contributed by atoms with van der Waals surface area (Å²) in [5, 5.41) is 0. The Balaban J connectivity index is 4.61. The number of methoxy groups -OCH3 is 1. The highest BCUT2D eigenvalue weighted by Crippen LogP contribution is 1.99. The predicted octanol–water partition coefficient (Wildman–Crippen LogP) is -2.17. The molecule has 0 aromatic carbocycles. The van der Waals surface area contributed by atoms with Crippen LogP contribution in [0.25, 0.3) is 0 Å². The zero-order chi connectivity index (χ0) is 10.6. The van der Waals surface area contributed by atoms with E-state index >= 15 is 0 Å². The van der Waals surface area contributed by atoms with E-state index in [-0.39, 0.29) is 5.91 Å². The van der Waals surface area contributed by atoms with Gasteiger partial charge in [0.1, 0.15) is 10.4 Å². The van der Waals surface area contributed by atoms with Gasteiger partial charge in [0.25, 0.3) is 0 Å². The van der Waals surface area contributed by atoms with Crippen LogP contribution in [0.1, 0.15) is 0 Å². The molecule has 0 N–H and O–H groups in total. The molecule has 13 heavy (non-hydrogen) atoms. The van der Waals surface area contributed by atoms with Crippen molar-refractivity contribution < 1.29 is 14.3 Å². The lowest BCUT2D eigenvalue weighted by Crippen LogP contribution is -2.49. The Kier molecular flexibility index (Phi) is 4.64. The molecule has 0 aliphatic carbocycles. The summed E-state index contributed by atoms with van der Waals surface area (Å²) in [5.41, 5.74) is 0. The molecular formula is C7H16N2O3Si. The molecule has 0 saturated heterocycles. The highest BCUT2D eigenvalue weighted by atomic mass is 28.2. The summed E-state index contributed by atoms with van der Waals surface area (Å²) < 4.78 is 6.03. The first-order chi connectivity index (χ1) is 5.91. The minimum absolute atomic E-state index is 0.219. The molecule has 0 aliphatic rings. The fourth-order valence-corrected chi connectivity index (χ4v) is 1.13. The second kappa shape index (κ2) is 4.98. The van der Waals surface area contributed by atoms with Crippen molar-refractivity contribution in [2.24, 2.45) is 0 Å². The van der Waals surface area contributed by atoms with E-state index in [0.29, 0.717) is 10.4 Å². The third-order valence-corrected chi connectivity index (χ3v) is 2.06. The zero-order valence-electron chi connectivity index (χ0n) is 8.70. The fourth-order valence-electron chi connectivity index (χ4n) is 0.889. The van der Waals surface area contributed by atoms with Crippen molar-refractivity contribution in [1.82, 2.24) is 9.47 Å². The van der Waals surface area contributed by atoms with Gasteiger partial charge >= 0.3 is 5.97 Å². The number of esters is 1. The van der Waals surface area contributed by atoms with Gasteiger partial charge in [-0.2, -0.15) is 0 Å². The summed E-state index contributed by atoms with van der Waals surface area (Å²) in [5.74, 6) is -0.735. The normalized spacial score (nSPS) is 12.7. The average molecular weight is 204 g/mol. The fraction of sp³-hybridized carbons (Fsp3) is 0.714. The average Bonchev–Trinajstić information content (AvgIpc) is 2.03. The van der Waals surface area contributed by atoms with Gasteiger partial charge in [0.05, 0.1) is 7.11 Å². The molecule has 0 rings (SSSR count). The van der Waals surface area contributed by atoms with E-state index in [9.17, 15) is 9.59 Å². The number of hydrogen-bond acceptors (Lipinski definition) is 4. The smallest absolute Gasteiger partial charge is 0.332 e. The quantitative estimate of drug-likeness (QED) is 0.298. The Hall–Kier alpha value is -0.883. The van der Waals surface area contributed by atoms with Crippen LogP contribution in [-0.2, 0) is 14.3 Å². The molecule has 1 unspecified atom stereocenters. The Bertz CT molecular complexity index is 206. The Morgan fingerprint density at radius 3 is 2.00 bits per heavy atom. The Morgan fingerprint density at radius 2 is 1.77 bits per heavy atom. The van der Waals surface area contributed by atoms with Gasteiger partial charge in [-0.15, -0.1) is 0 Å². The van der Waals surface area contributed by atoms with Gasteiger partial charge in [-0.1, -0.05) is 0 Å². The van der Waals surface area contributed by atoms with E-state index in [2.05, 4.69) is 4.74 Å². The van der Waals surface area contributed by atoms with E-state index in [1.807, 2.05) is 0 Å². The van der Waals surface area contributed by atoms with Crippen LogP contribution in [0.3, 0.4) is 0 Å². The van der Waals surface area contributed by atoms with Crippen molar-refractivity contribution in [3.05, 3.63) is 0 Å². The summed E-state index contributed by atoms with van der Waals surface area (Å²) in [7, 11) is 6.87. The number of amides is 1. The molecule has 6 heteroatoms. The second-order valence-corrected chi connectivity index (χ2v) is 4.46. The first kappa shape index (κ1) is 12.1. The Morgan fingerprint density at radius 1 is 1.31 bits per heavy atom. The lowest BCUT2D eigenvalue weighted by Gasteiger charge is -2.23. The molecule has 1 amide bonds. The molecular weight excluding hydrogens is 188 g/mol. The number of carbonyl (C=O) groups excluding carboxylic acids is 2. The lowest BCUT2D eigenvalue weighted by molar-refractivity contribution is -0.152. The molecule has 1 atom stereocenters. The first-order valence-corrected chi connectivity index (χ1v) is 4.76. The van der Waals surface area contributed by atoms with Crippen LogP contribution in [0.5, 0.6) is 0 Å². The van der Waals surface area contributed by atoms with Crippen molar-refractivity contribution in [2.45, 2.75) is 6.04 Å². The second-order valence-electron chi connectivity index (χ2n) is 3.12. The molecule has 0 aliphatic heterocycles. The number of hydrogen-bond donors (Lipinski definition) is 0. The maximum atomic E-state index is 11.5. The summed E-state index contributed by atoms with van der Waals surface area (Å²) in [6, 6.07) is -0.813. The SMILES string of the molecule is COC(=O)C(C(=O)N(C)[SiH3])N(C)C. The minimum atomic E-state index is -0.813. The number of carbonyl (C=O) groups is 2. The molecule has 5 nitrogen and oxygen atoms in total. The lowest BCUT2D eigenvalue weighted by atomic mass is 10.2. The molecule has 0 bridgehead atoms. The maximum absolute atomic E-state index is 11.5. The molecule has 0 aromatic heterocycles. The van der Waals surface area contributed by atoms with Gasteiger partial charge in [0, 0.05) is 0 Å². The van der Waals surface area contributed by atoms with Crippen molar-refractivity contribution >= 4 is 22.3 Å². The summed E-state index contributed by atoms with van der Waals surface area (Å²) in [6.07, 6.45) is 0. The van der Waals surface area contributed by atoms with E-state index in [1.165, 1.54) is 11.7 Å². The van der Waals surface area contributed by atoms with Crippen molar-refractivity contribution in [3.63, 3.8) is 0 Å². The van der Waals surface area contributed by atoms with Crippen LogP contribution in [0.2, 0.25) is 0 Å². The van der Waals surface area contributed by atoms with Crippen LogP contribution in [-0.4, -0.2) is 66.0 Å². The highest BCUT2D eigenvalue weighted by molar-refractivity contribution is 6.18. The molecule has 0 fully saturated rings. The predicted molar refractivity (Wildman–Crippen MR) is 52.2 cm³/mol. The van der Waals surface area contributed by atoms with Crippen LogP contribution in [0.4, 0.5) is 0 Å². The van der Waals surface area contributed by atoms with Crippen molar-refractivity contribution in [3.8, 4) is 0 Å². The molecule has 0 radical (unpaired) electrons. The van der Waals surface area contributed by atoms with Gasteiger partial charge < -0.3 is 9.30 Å². The summed E-state index contributed by atoms with van der Waals surface area (Å²) in [4.78, 5) is 24.3. The van der Waals surface area contributed by atoms with Crippen molar-refractivity contribution in [2.75, 3.05) is 28.3 Å². The van der Waals surface area contributed by atoms with E-state index in [0.717, 1.165) is 0 Å². The van der Waals surface area contributed by atoms with Gasteiger partial charge in [-0.3, -0.25) is 9.69 Å². The number of rotatable bonds is 3.